The van der Waals surface area contributed by atoms with Gasteiger partial charge in [0.1, 0.15) is 11.4 Å². The number of ether oxygens (including phenoxy) is 1. The van der Waals surface area contributed by atoms with Gasteiger partial charge >= 0.3 is 6.01 Å². The van der Waals surface area contributed by atoms with Crippen LogP contribution in [-0.4, -0.2) is 21.0 Å². The molecule has 1 aromatic heterocycles. The van der Waals surface area contributed by atoms with Crippen LogP contribution in [-0.2, 0) is 0 Å². The predicted molar refractivity (Wildman–Crippen MR) is 75.3 cm³/mol. The Morgan fingerprint density at radius 2 is 2.00 bits per heavy atom. The lowest BCUT2D eigenvalue weighted by molar-refractivity contribution is 0.318. The number of amidine groups is 1. The second-order valence-corrected chi connectivity index (χ2v) is 4.46. The third kappa shape index (κ3) is 2.85. The van der Waals surface area contributed by atoms with Crippen molar-refractivity contribution in [1.29, 1.82) is 0 Å². The molecule has 1 heterocycles. The van der Waals surface area contributed by atoms with Crippen LogP contribution in [0, 0.1) is 20.8 Å². The van der Waals surface area contributed by atoms with Gasteiger partial charge in [-0.15, -0.1) is 0 Å². The molecule has 0 amide bonds. The van der Waals surface area contributed by atoms with Crippen molar-refractivity contribution >= 4 is 5.84 Å². The minimum Gasteiger partial charge on any atom is -0.424 e. The van der Waals surface area contributed by atoms with Crippen LogP contribution in [0.2, 0.25) is 0 Å². The number of benzene rings is 1. The van der Waals surface area contributed by atoms with Gasteiger partial charge < -0.3 is 15.7 Å². The van der Waals surface area contributed by atoms with E-state index in [-0.39, 0.29) is 11.8 Å². The van der Waals surface area contributed by atoms with Gasteiger partial charge in [-0.05, 0) is 44.0 Å². The molecule has 3 N–H and O–H groups in total. The molecule has 2 aromatic rings. The van der Waals surface area contributed by atoms with Crippen molar-refractivity contribution in [1.82, 2.24) is 9.97 Å². The summed E-state index contributed by atoms with van der Waals surface area (Å²) >= 11 is 0. The zero-order valence-corrected chi connectivity index (χ0v) is 11.6. The normalized spacial score (nSPS) is 11.4. The third-order valence-electron chi connectivity index (χ3n) is 2.96. The lowest BCUT2D eigenvalue weighted by Crippen LogP contribution is -2.16. The number of aryl methyl sites for hydroxylation is 2. The van der Waals surface area contributed by atoms with Gasteiger partial charge in [0, 0.05) is 5.69 Å². The number of hydrogen-bond acceptors (Lipinski definition) is 5. The lowest BCUT2D eigenvalue weighted by Gasteiger charge is -2.10. The van der Waals surface area contributed by atoms with Crippen molar-refractivity contribution in [2.75, 3.05) is 0 Å². The molecule has 0 spiro atoms. The lowest BCUT2D eigenvalue weighted by atomic mass is 10.1. The molecule has 6 nitrogen and oxygen atoms in total. The number of aromatic nitrogens is 2. The fraction of sp³-hybridized carbons (Fsp3) is 0.214. The maximum Gasteiger partial charge on any atom is 0.322 e. The fourth-order valence-corrected chi connectivity index (χ4v) is 1.70. The van der Waals surface area contributed by atoms with E-state index in [1.807, 2.05) is 32.0 Å². The summed E-state index contributed by atoms with van der Waals surface area (Å²) in [6.45, 7) is 5.75. The molecule has 0 aliphatic heterocycles. The van der Waals surface area contributed by atoms with Crippen LogP contribution >= 0.6 is 0 Å². The second-order valence-electron chi connectivity index (χ2n) is 4.46. The highest BCUT2D eigenvalue weighted by molar-refractivity contribution is 5.95. The maximum atomic E-state index is 8.70. The molecular weight excluding hydrogens is 256 g/mol. The number of nitrogens with two attached hydrogens (primary N) is 1. The van der Waals surface area contributed by atoms with Crippen LogP contribution in [0.25, 0.3) is 0 Å². The largest absolute Gasteiger partial charge is 0.424 e. The first-order chi connectivity index (χ1) is 9.51. The summed E-state index contributed by atoms with van der Waals surface area (Å²) in [6.07, 6.45) is 0. The highest BCUT2D eigenvalue weighted by Gasteiger charge is 2.10. The topological polar surface area (TPSA) is 93.6 Å². The highest BCUT2D eigenvalue weighted by Crippen LogP contribution is 2.24. The standard InChI is InChI=1S/C14H16N4O2/c1-8-5-4-6-12(10(8)3)20-14-16-9(2)7-11(17-14)13(15)18-19/h4-7,19H,1-3H3,(H2,15,18). The van der Waals surface area contributed by atoms with Crippen molar-refractivity contribution < 1.29 is 9.94 Å². The van der Waals surface area contributed by atoms with E-state index in [9.17, 15) is 0 Å². The molecule has 0 fully saturated rings. The molecule has 104 valence electrons. The zero-order valence-electron chi connectivity index (χ0n) is 11.6. The smallest absolute Gasteiger partial charge is 0.322 e. The summed E-state index contributed by atoms with van der Waals surface area (Å²) in [5.74, 6) is 0.599. The summed E-state index contributed by atoms with van der Waals surface area (Å²) in [6, 6.07) is 7.53. The van der Waals surface area contributed by atoms with E-state index in [0.717, 1.165) is 11.1 Å². The first kappa shape index (κ1) is 13.8. The van der Waals surface area contributed by atoms with E-state index in [1.165, 1.54) is 0 Å². The number of rotatable bonds is 3. The molecule has 0 bridgehead atoms. The maximum absolute atomic E-state index is 8.70. The minimum atomic E-state index is -0.0821. The third-order valence-corrected chi connectivity index (χ3v) is 2.96. The zero-order chi connectivity index (χ0) is 14.7. The molecule has 6 heteroatoms. The van der Waals surface area contributed by atoms with E-state index in [4.69, 9.17) is 15.7 Å². The monoisotopic (exact) mass is 272 g/mol. The van der Waals surface area contributed by atoms with E-state index in [1.54, 1.807) is 13.0 Å². The van der Waals surface area contributed by atoms with E-state index in [0.29, 0.717) is 17.1 Å². The Bertz CT molecular complexity index is 668. The predicted octanol–water partition coefficient (Wildman–Crippen LogP) is 2.29. The molecule has 0 radical (unpaired) electrons. The summed E-state index contributed by atoms with van der Waals surface area (Å²) in [4.78, 5) is 8.31. The number of hydrogen-bond donors (Lipinski definition) is 2. The summed E-state index contributed by atoms with van der Waals surface area (Å²) in [7, 11) is 0. The van der Waals surface area contributed by atoms with Crippen LogP contribution in [0.4, 0.5) is 0 Å². The van der Waals surface area contributed by atoms with Crippen LogP contribution in [0.3, 0.4) is 0 Å². The Labute approximate surface area is 116 Å². The van der Waals surface area contributed by atoms with Gasteiger partial charge in [0.25, 0.3) is 0 Å². The molecule has 0 atom stereocenters. The van der Waals surface area contributed by atoms with Gasteiger partial charge in [0.15, 0.2) is 5.84 Å². The Balaban J connectivity index is 2.39. The molecular formula is C14H16N4O2. The molecule has 0 aliphatic carbocycles. The Morgan fingerprint density at radius 1 is 1.25 bits per heavy atom. The van der Waals surface area contributed by atoms with Crippen LogP contribution in [0.5, 0.6) is 11.8 Å². The van der Waals surface area contributed by atoms with Gasteiger partial charge in [-0.3, -0.25) is 0 Å². The van der Waals surface area contributed by atoms with Gasteiger partial charge in [0.05, 0.1) is 0 Å². The average molecular weight is 272 g/mol. The SMILES string of the molecule is Cc1cc(/C(N)=N/O)nc(Oc2cccc(C)c2C)n1. The summed E-state index contributed by atoms with van der Waals surface area (Å²) < 4.78 is 5.69. The van der Waals surface area contributed by atoms with Gasteiger partial charge in [-0.25, -0.2) is 4.98 Å². The van der Waals surface area contributed by atoms with Crippen molar-refractivity contribution in [2.24, 2.45) is 10.9 Å². The van der Waals surface area contributed by atoms with Gasteiger partial charge in [-0.1, -0.05) is 17.3 Å². The van der Waals surface area contributed by atoms with E-state index < -0.39 is 0 Å². The Morgan fingerprint density at radius 3 is 2.70 bits per heavy atom. The van der Waals surface area contributed by atoms with E-state index >= 15 is 0 Å². The number of nitrogens with zero attached hydrogens (tertiary/aromatic N) is 3. The highest BCUT2D eigenvalue weighted by atomic mass is 16.5. The Kier molecular flexibility index (Phi) is 3.84. The quantitative estimate of drug-likeness (QED) is 0.387. The minimum absolute atomic E-state index is 0.0821. The van der Waals surface area contributed by atoms with Crippen LogP contribution in [0.1, 0.15) is 22.5 Å². The van der Waals surface area contributed by atoms with Crippen molar-refractivity contribution in [3.05, 3.63) is 46.8 Å². The van der Waals surface area contributed by atoms with Gasteiger partial charge in [0.2, 0.25) is 0 Å². The van der Waals surface area contributed by atoms with Crippen LogP contribution < -0.4 is 10.5 Å². The molecule has 0 saturated carbocycles. The molecule has 0 aliphatic rings. The first-order valence-electron chi connectivity index (χ1n) is 6.09. The molecule has 2 rings (SSSR count). The summed E-state index contributed by atoms with van der Waals surface area (Å²) in [5, 5.41) is 11.6. The van der Waals surface area contributed by atoms with Gasteiger partial charge in [-0.2, -0.15) is 4.98 Å². The molecule has 1 aromatic carbocycles. The molecule has 0 unspecified atom stereocenters. The summed E-state index contributed by atoms with van der Waals surface area (Å²) in [5.41, 5.74) is 8.66. The number of oxime groups is 1. The van der Waals surface area contributed by atoms with E-state index in [2.05, 4.69) is 15.1 Å². The van der Waals surface area contributed by atoms with Crippen molar-refractivity contribution in [3.8, 4) is 11.8 Å². The average Bonchev–Trinajstić information content (AvgIpc) is 2.42. The molecule has 0 saturated heterocycles. The first-order valence-corrected chi connectivity index (χ1v) is 6.09. The van der Waals surface area contributed by atoms with Crippen molar-refractivity contribution in [2.45, 2.75) is 20.8 Å². The Hall–Kier alpha value is -2.63. The molecule has 20 heavy (non-hydrogen) atoms. The van der Waals surface area contributed by atoms with Crippen molar-refractivity contribution in [3.63, 3.8) is 0 Å². The van der Waals surface area contributed by atoms with Crippen LogP contribution in [0.15, 0.2) is 29.4 Å². The second kappa shape index (κ2) is 5.56. The fourth-order valence-electron chi connectivity index (χ4n) is 1.70.